The molecule has 1 aliphatic rings. The van der Waals surface area contributed by atoms with Gasteiger partial charge >= 0.3 is 0 Å². The Bertz CT molecular complexity index is 858. The van der Waals surface area contributed by atoms with Crippen molar-refractivity contribution in [1.29, 1.82) is 0 Å². The van der Waals surface area contributed by atoms with Gasteiger partial charge in [0, 0.05) is 5.92 Å². The Morgan fingerprint density at radius 2 is 1.04 bits per heavy atom. The summed E-state index contributed by atoms with van der Waals surface area (Å²) in [5, 5.41) is 10.9. The van der Waals surface area contributed by atoms with Crippen molar-refractivity contribution in [2.24, 2.45) is 0 Å². The van der Waals surface area contributed by atoms with Gasteiger partial charge in [-0.25, -0.2) is 0 Å². The van der Waals surface area contributed by atoms with E-state index < -0.39 is 12.0 Å². The Hall–Kier alpha value is -2.71. The number of benzene rings is 3. The van der Waals surface area contributed by atoms with Crippen molar-refractivity contribution < 1.29 is 9.90 Å². The van der Waals surface area contributed by atoms with Crippen LogP contribution >= 0.6 is 0 Å². The molecule has 0 spiro atoms. The van der Waals surface area contributed by atoms with Crippen molar-refractivity contribution >= 4 is 5.78 Å². The zero-order valence-electron chi connectivity index (χ0n) is 14.5. The summed E-state index contributed by atoms with van der Waals surface area (Å²) in [6, 6.07) is 29.7. The van der Waals surface area contributed by atoms with Gasteiger partial charge in [-0.15, -0.1) is 0 Å². The lowest BCUT2D eigenvalue weighted by molar-refractivity contribution is -0.128. The van der Waals surface area contributed by atoms with E-state index in [1.54, 1.807) is 0 Å². The molecule has 2 heteroatoms. The predicted molar refractivity (Wildman–Crippen MR) is 103 cm³/mol. The van der Waals surface area contributed by atoms with Crippen LogP contribution in [0, 0.1) is 0 Å². The van der Waals surface area contributed by atoms with Gasteiger partial charge in [-0.3, -0.25) is 4.79 Å². The van der Waals surface area contributed by atoms with E-state index in [4.69, 9.17) is 0 Å². The summed E-state index contributed by atoms with van der Waals surface area (Å²) in [5.41, 5.74) is 3.04. The molecule has 0 saturated heterocycles. The number of Topliss-reactive ketones (excluding diaryl/α,β-unsaturated/α-hetero) is 1. The van der Waals surface area contributed by atoms with Crippen LogP contribution in [0.3, 0.4) is 0 Å². The maximum absolute atomic E-state index is 13.6. The van der Waals surface area contributed by atoms with E-state index in [9.17, 15) is 9.90 Å². The Labute approximate surface area is 154 Å². The fraction of sp³-hybridized carbons (Fsp3) is 0.208. The smallest absolute Gasteiger partial charge is 0.150 e. The second-order valence-corrected chi connectivity index (χ2v) is 7.00. The Morgan fingerprint density at radius 3 is 1.54 bits per heavy atom. The molecule has 4 rings (SSSR count). The minimum atomic E-state index is -0.671. The lowest BCUT2D eigenvalue weighted by Crippen LogP contribution is -2.40. The number of carbonyl (C=O) groups excluding carboxylic acids is 1. The van der Waals surface area contributed by atoms with Gasteiger partial charge in [0.1, 0.15) is 0 Å². The van der Waals surface area contributed by atoms with Gasteiger partial charge in [0.25, 0.3) is 0 Å². The molecule has 0 bridgehead atoms. The van der Waals surface area contributed by atoms with E-state index in [0.29, 0.717) is 6.42 Å². The summed E-state index contributed by atoms with van der Waals surface area (Å²) in [6.45, 7) is 0. The molecule has 1 aliphatic carbocycles. The summed E-state index contributed by atoms with van der Waals surface area (Å²) in [5.74, 6) is -0.621. The monoisotopic (exact) mass is 342 g/mol. The van der Waals surface area contributed by atoms with Crippen LogP contribution in [0.25, 0.3) is 0 Å². The molecule has 2 nitrogen and oxygen atoms in total. The summed E-state index contributed by atoms with van der Waals surface area (Å²) in [7, 11) is 0. The molecule has 0 radical (unpaired) electrons. The molecule has 130 valence electrons. The van der Waals surface area contributed by atoms with E-state index >= 15 is 0 Å². The van der Waals surface area contributed by atoms with Gasteiger partial charge in [0.15, 0.2) is 5.78 Å². The molecule has 1 saturated carbocycles. The first-order valence-corrected chi connectivity index (χ1v) is 9.12. The van der Waals surface area contributed by atoms with Crippen LogP contribution in [0.4, 0.5) is 0 Å². The molecule has 0 aromatic heterocycles. The van der Waals surface area contributed by atoms with Gasteiger partial charge in [-0.2, -0.15) is 0 Å². The predicted octanol–water partition coefficient (Wildman–Crippen LogP) is 4.67. The van der Waals surface area contributed by atoms with Crippen LogP contribution < -0.4 is 0 Å². The Kier molecular flexibility index (Phi) is 4.68. The molecule has 0 heterocycles. The summed E-state index contributed by atoms with van der Waals surface area (Å²) >= 11 is 0. The van der Waals surface area contributed by atoms with Crippen molar-refractivity contribution in [2.45, 2.75) is 30.3 Å². The first-order chi connectivity index (χ1) is 12.8. The highest BCUT2D eigenvalue weighted by atomic mass is 16.3. The highest BCUT2D eigenvalue weighted by Gasteiger charge is 2.44. The first kappa shape index (κ1) is 16.7. The van der Waals surface area contributed by atoms with Crippen LogP contribution in [0.5, 0.6) is 0 Å². The van der Waals surface area contributed by atoms with Crippen LogP contribution in [0.15, 0.2) is 91.0 Å². The molecule has 26 heavy (non-hydrogen) atoms. The zero-order valence-corrected chi connectivity index (χ0v) is 14.5. The topological polar surface area (TPSA) is 37.3 Å². The van der Waals surface area contributed by atoms with Crippen molar-refractivity contribution in [3.63, 3.8) is 0 Å². The molecular weight excluding hydrogens is 320 g/mol. The van der Waals surface area contributed by atoms with E-state index in [2.05, 4.69) is 12.1 Å². The molecule has 3 aromatic rings. The number of hydrogen-bond acceptors (Lipinski definition) is 2. The number of aliphatic hydroxyl groups is 1. The summed E-state index contributed by atoms with van der Waals surface area (Å²) < 4.78 is 0. The normalized spacial score (nSPS) is 25.8. The zero-order chi connectivity index (χ0) is 17.9. The highest BCUT2D eigenvalue weighted by Crippen LogP contribution is 2.47. The quantitative estimate of drug-likeness (QED) is 0.751. The van der Waals surface area contributed by atoms with Gasteiger partial charge in [0.2, 0.25) is 0 Å². The number of aliphatic hydroxyl groups excluding tert-OH is 1. The number of rotatable bonds is 3. The number of carbonyl (C=O) groups is 1. The second kappa shape index (κ2) is 7.27. The minimum absolute atomic E-state index is 0.0129. The molecule has 3 aromatic carbocycles. The SMILES string of the molecule is O=C1[C@H](c2ccccc2)[C@H](O)C[C@@H](c2ccccc2)[C@@H]1c1ccccc1. The van der Waals surface area contributed by atoms with Crippen LogP contribution in [0.2, 0.25) is 0 Å². The molecular formula is C24H22O2. The fourth-order valence-electron chi connectivity index (χ4n) is 4.25. The third-order valence-electron chi connectivity index (χ3n) is 5.44. The Balaban J connectivity index is 1.79. The number of hydrogen-bond donors (Lipinski definition) is 1. The lowest BCUT2D eigenvalue weighted by Gasteiger charge is -2.39. The van der Waals surface area contributed by atoms with Gasteiger partial charge in [-0.1, -0.05) is 91.0 Å². The Morgan fingerprint density at radius 1 is 0.615 bits per heavy atom. The molecule has 0 aliphatic heterocycles. The van der Waals surface area contributed by atoms with Crippen molar-refractivity contribution in [3.05, 3.63) is 108 Å². The van der Waals surface area contributed by atoms with E-state index in [0.717, 1.165) is 16.7 Å². The maximum Gasteiger partial charge on any atom is 0.150 e. The molecule has 0 unspecified atom stereocenters. The van der Waals surface area contributed by atoms with Crippen molar-refractivity contribution in [2.75, 3.05) is 0 Å². The summed E-state index contributed by atoms with van der Waals surface area (Å²) in [4.78, 5) is 13.6. The van der Waals surface area contributed by atoms with Gasteiger partial charge in [0.05, 0.1) is 17.9 Å². The van der Waals surface area contributed by atoms with Gasteiger partial charge < -0.3 is 5.11 Å². The third kappa shape index (κ3) is 3.09. The average Bonchev–Trinajstić information content (AvgIpc) is 2.70. The number of ketones is 1. The van der Waals surface area contributed by atoms with Crippen LogP contribution in [0.1, 0.15) is 40.9 Å². The maximum atomic E-state index is 13.6. The molecule has 0 amide bonds. The van der Waals surface area contributed by atoms with Crippen molar-refractivity contribution in [3.8, 4) is 0 Å². The highest BCUT2D eigenvalue weighted by molar-refractivity contribution is 5.94. The first-order valence-electron chi connectivity index (χ1n) is 9.12. The van der Waals surface area contributed by atoms with Crippen LogP contribution in [-0.2, 0) is 4.79 Å². The van der Waals surface area contributed by atoms with E-state index in [-0.39, 0.29) is 17.6 Å². The fourth-order valence-corrected chi connectivity index (χ4v) is 4.25. The minimum Gasteiger partial charge on any atom is -0.392 e. The van der Waals surface area contributed by atoms with Gasteiger partial charge in [-0.05, 0) is 23.1 Å². The summed E-state index contributed by atoms with van der Waals surface area (Å²) in [6.07, 6.45) is -0.0930. The van der Waals surface area contributed by atoms with Crippen molar-refractivity contribution in [1.82, 2.24) is 0 Å². The van der Waals surface area contributed by atoms with E-state index in [1.807, 2.05) is 78.9 Å². The van der Waals surface area contributed by atoms with E-state index in [1.165, 1.54) is 0 Å². The van der Waals surface area contributed by atoms with Crippen LogP contribution in [-0.4, -0.2) is 17.0 Å². The average molecular weight is 342 g/mol. The third-order valence-corrected chi connectivity index (χ3v) is 5.44. The largest absolute Gasteiger partial charge is 0.392 e. The molecule has 1 fully saturated rings. The second-order valence-electron chi connectivity index (χ2n) is 7.00. The lowest BCUT2D eigenvalue weighted by atomic mass is 9.65. The molecule has 4 atom stereocenters. The molecule has 1 N–H and O–H groups in total. The standard InChI is InChI=1S/C24H22O2/c25-21-16-20(17-10-4-1-5-11-17)22(18-12-6-2-7-13-18)24(26)23(21)19-14-8-3-9-15-19/h1-15,20-23,25H,16H2/t20-,21+,22-,23+/m0/s1.